The van der Waals surface area contributed by atoms with E-state index in [9.17, 15) is 9.18 Å². The van der Waals surface area contributed by atoms with Gasteiger partial charge in [0, 0.05) is 17.1 Å². The van der Waals surface area contributed by atoms with Gasteiger partial charge in [-0.25, -0.2) is 14.2 Å². The first-order valence-corrected chi connectivity index (χ1v) is 10.5. The summed E-state index contributed by atoms with van der Waals surface area (Å²) in [6.45, 7) is 8.85. The normalized spacial score (nSPS) is 12.5. The predicted molar refractivity (Wildman–Crippen MR) is 121 cm³/mol. The van der Waals surface area contributed by atoms with E-state index in [1.165, 1.54) is 12.1 Å². The van der Waals surface area contributed by atoms with Gasteiger partial charge in [-0.1, -0.05) is 11.2 Å². The second-order valence-corrected chi connectivity index (χ2v) is 8.64. The third kappa shape index (κ3) is 4.82. The van der Waals surface area contributed by atoms with Crippen molar-refractivity contribution in [3.05, 3.63) is 59.9 Å². The summed E-state index contributed by atoms with van der Waals surface area (Å²) in [6.07, 6.45) is 1.06. The Morgan fingerprint density at radius 1 is 1.15 bits per heavy atom. The number of rotatable bonds is 4. The van der Waals surface area contributed by atoms with Crippen molar-refractivity contribution in [1.29, 1.82) is 0 Å². The SMILES string of the molecule is Cc1noc(-c2c(-c3ccccn3)c(C(C)NC(=O)OC(C)(C)C)nc3ccc(F)cc23)n1. The van der Waals surface area contributed by atoms with Gasteiger partial charge in [0.15, 0.2) is 5.82 Å². The molecular weight excluding hydrogens is 425 g/mol. The maximum Gasteiger partial charge on any atom is 0.408 e. The quantitative estimate of drug-likeness (QED) is 0.446. The van der Waals surface area contributed by atoms with Gasteiger partial charge in [-0.15, -0.1) is 0 Å². The standard InChI is InChI=1S/C24H24FN5O3/c1-13(27-23(31)32-24(3,4)5)21-20(18-8-6-7-11-26-18)19(22-28-14(2)30-33-22)16-12-15(25)9-10-17(16)29-21/h6-13H,1-5H3,(H,27,31). The molecule has 1 amide bonds. The van der Waals surface area contributed by atoms with Gasteiger partial charge in [-0.3, -0.25) is 4.98 Å². The Morgan fingerprint density at radius 2 is 1.94 bits per heavy atom. The highest BCUT2D eigenvalue weighted by atomic mass is 19.1. The lowest BCUT2D eigenvalue weighted by atomic mass is 9.94. The molecule has 33 heavy (non-hydrogen) atoms. The van der Waals surface area contributed by atoms with Crippen LogP contribution < -0.4 is 5.32 Å². The first kappa shape index (κ1) is 22.3. The number of aromatic nitrogens is 4. The Bertz CT molecular complexity index is 1320. The number of carbonyl (C=O) groups is 1. The Balaban J connectivity index is 1.98. The number of fused-ring (bicyclic) bond motifs is 1. The number of nitrogens with one attached hydrogen (secondary N) is 1. The van der Waals surface area contributed by atoms with Crippen LogP contribution in [0, 0.1) is 12.7 Å². The number of aryl methyl sites for hydroxylation is 1. The molecule has 8 nitrogen and oxygen atoms in total. The minimum Gasteiger partial charge on any atom is -0.444 e. The van der Waals surface area contributed by atoms with Gasteiger partial charge >= 0.3 is 6.09 Å². The van der Waals surface area contributed by atoms with Crippen molar-refractivity contribution in [2.75, 3.05) is 0 Å². The van der Waals surface area contributed by atoms with Gasteiger partial charge < -0.3 is 14.6 Å². The molecule has 4 aromatic rings. The molecule has 1 N–H and O–H groups in total. The van der Waals surface area contributed by atoms with Crippen LogP contribution in [0.5, 0.6) is 0 Å². The number of halogens is 1. The topological polar surface area (TPSA) is 103 Å². The van der Waals surface area contributed by atoms with Crippen molar-refractivity contribution in [3.8, 4) is 22.7 Å². The number of alkyl carbamates (subject to hydrolysis) is 1. The van der Waals surface area contributed by atoms with E-state index in [1.807, 2.05) is 6.07 Å². The van der Waals surface area contributed by atoms with Crippen LogP contribution in [-0.2, 0) is 4.74 Å². The molecule has 0 fully saturated rings. The first-order valence-electron chi connectivity index (χ1n) is 10.5. The summed E-state index contributed by atoms with van der Waals surface area (Å²) >= 11 is 0. The molecule has 1 aromatic carbocycles. The lowest BCUT2D eigenvalue weighted by Gasteiger charge is -2.23. The lowest BCUT2D eigenvalue weighted by Crippen LogP contribution is -2.34. The van der Waals surface area contributed by atoms with Crippen LogP contribution in [0.3, 0.4) is 0 Å². The van der Waals surface area contributed by atoms with E-state index in [4.69, 9.17) is 14.2 Å². The highest BCUT2D eigenvalue weighted by molar-refractivity contribution is 6.01. The van der Waals surface area contributed by atoms with Gasteiger partial charge in [-0.05, 0) is 65.0 Å². The molecule has 0 aliphatic carbocycles. The lowest BCUT2D eigenvalue weighted by molar-refractivity contribution is 0.0507. The number of hydrogen-bond acceptors (Lipinski definition) is 7. The summed E-state index contributed by atoms with van der Waals surface area (Å²) in [4.78, 5) is 26.1. The number of nitrogens with zero attached hydrogens (tertiary/aromatic N) is 4. The summed E-state index contributed by atoms with van der Waals surface area (Å²) < 4.78 is 25.2. The molecule has 0 aliphatic heterocycles. The van der Waals surface area contributed by atoms with Gasteiger partial charge in [-0.2, -0.15) is 4.98 Å². The van der Waals surface area contributed by atoms with Crippen LogP contribution in [-0.4, -0.2) is 31.8 Å². The Labute approximate surface area is 190 Å². The van der Waals surface area contributed by atoms with Gasteiger partial charge in [0.25, 0.3) is 5.89 Å². The molecular formula is C24H24FN5O3. The fraction of sp³-hybridized carbons (Fsp3) is 0.292. The van der Waals surface area contributed by atoms with Gasteiger partial charge in [0.1, 0.15) is 11.4 Å². The van der Waals surface area contributed by atoms with Crippen molar-refractivity contribution < 1.29 is 18.4 Å². The number of ether oxygens (including phenoxy) is 1. The molecule has 3 heterocycles. The summed E-state index contributed by atoms with van der Waals surface area (Å²) in [5.41, 5.74) is 1.97. The van der Waals surface area contributed by atoms with E-state index < -0.39 is 23.6 Å². The maximum atomic E-state index is 14.3. The van der Waals surface area contributed by atoms with E-state index in [1.54, 1.807) is 59.0 Å². The molecule has 0 radical (unpaired) electrons. The third-order valence-corrected chi connectivity index (χ3v) is 4.78. The zero-order valence-electron chi connectivity index (χ0n) is 19.0. The Morgan fingerprint density at radius 3 is 2.58 bits per heavy atom. The van der Waals surface area contributed by atoms with E-state index in [0.717, 1.165) is 0 Å². The molecule has 0 saturated heterocycles. The highest BCUT2D eigenvalue weighted by Crippen LogP contribution is 2.40. The third-order valence-electron chi connectivity index (χ3n) is 4.78. The summed E-state index contributed by atoms with van der Waals surface area (Å²) in [6, 6.07) is 9.12. The number of carbonyl (C=O) groups excluding carboxylic acids is 1. The van der Waals surface area contributed by atoms with Crippen molar-refractivity contribution in [2.45, 2.75) is 46.3 Å². The van der Waals surface area contributed by atoms with E-state index >= 15 is 0 Å². The maximum absolute atomic E-state index is 14.3. The monoisotopic (exact) mass is 449 g/mol. The van der Waals surface area contributed by atoms with Crippen LogP contribution in [0.2, 0.25) is 0 Å². The molecule has 0 bridgehead atoms. The average molecular weight is 449 g/mol. The van der Waals surface area contributed by atoms with Crippen LogP contribution >= 0.6 is 0 Å². The van der Waals surface area contributed by atoms with Gasteiger partial charge in [0.05, 0.1) is 28.5 Å². The molecule has 9 heteroatoms. The predicted octanol–water partition coefficient (Wildman–Crippen LogP) is 5.38. The number of benzene rings is 1. The van der Waals surface area contributed by atoms with Crippen LogP contribution in [0.1, 0.15) is 45.3 Å². The fourth-order valence-electron chi connectivity index (χ4n) is 3.51. The number of amides is 1. The Kier molecular flexibility index (Phi) is 5.80. The summed E-state index contributed by atoms with van der Waals surface area (Å²) in [5, 5.41) is 7.23. The molecule has 3 aromatic heterocycles. The van der Waals surface area contributed by atoms with Crippen molar-refractivity contribution in [2.24, 2.45) is 0 Å². The molecule has 4 rings (SSSR count). The van der Waals surface area contributed by atoms with Crippen molar-refractivity contribution in [1.82, 2.24) is 25.4 Å². The second kappa shape index (κ2) is 8.57. The van der Waals surface area contributed by atoms with Crippen LogP contribution in [0.25, 0.3) is 33.6 Å². The van der Waals surface area contributed by atoms with E-state index in [-0.39, 0.29) is 5.89 Å². The van der Waals surface area contributed by atoms with Gasteiger partial charge in [0.2, 0.25) is 0 Å². The van der Waals surface area contributed by atoms with Crippen molar-refractivity contribution >= 4 is 17.0 Å². The molecule has 0 saturated carbocycles. The average Bonchev–Trinajstić information content (AvgIpc) is 3.17. The van der Waals surface area contributed by atoms with E-state index in [0.29, 0.717) is 39.2 Å². The summed E-state index contributed by atoms with van der Waals surface area (Å²) in [7, 11) is 0. The summed E-state index contributed by atoms with van der Waals surface area (Å²) in [5.74, 6) is 0.207. The smallest absolute Gasteiger partial charge is 0.408 e. The van der Waals surface area contributed by atoms with Crippen molar-refractivity contribution in [3.63, 3.8) is 0 Å². The zero-order chi connectivity index (χ0) is 23.8. The van der Waals surface area contributed by atoms with Crippen LogP contribution in [0.4, 0.5) is 9.18 Å². The molecule has 0 aliphatic rings. The minimum absolute atomic E-state index is 0.205. The molecule has 170 valence electrons. The highest BCUT2D eigenvalue weighted by Gasteiger charge is 2.27. The number of pyridine rings is 2. The van der Waals surface area contributed by atoms with E-state index in [2.05, 4.69) is 20.4 Å². The van der Waals surface area contributed by atoms with Crippen LogP contribution in [0.15, 0.2) is 47.1 Å². The largest absolute Gasteiger partial charge is 0.444 e. The number of hydrogen-bond donors (Lipinski definition) is 1. The fourth-order valence-corrected chi connectivity index (χ4v) is 3.51. The second-order valence-electron chi connectivity index (χ2n) is 8.64. The molecule has 1 atom stereocenters. The first-order chi connectivity index (χ1) is 15.6. The molecule has 0 spiro atoms. The Hall–Kier alpha value is -3.88. The zero-order valence-corrected chi connectivity index (χ0v) is 19.0. The minimum atomic E-state index is -0.658. The molecule has 1 unspecified atom stereocenters.